The summed E-state index contributed by atoms with van der Waals surface area (Å²) in [6, 6.07) is 14.2. The minimum Gasteiger partial charge on any atom is -0.370 e. The number of nitrogens with zero attached hydrogens (tertiary/aromatic N) is 2. The lowest BCUT2D eigenvalue weighted by molar-refractivity contribution is 0.0954. The number of anilines is 1. The minimum absolute atomic E-state index is 0.141. The van der Waals surface area contributed by atoms with E-state index in [9.17, 15) is 13.2 Å². The molecule has 0 aliphatic rings. The van der Waals surface area contributed by atoms with E-state index in [-0.39, 0.29) is 16.8 Å². The number of carbonyl (C=O) groups is 1. The first-order valence-corrected chi connectivity index (χ1v) is 11.3. The summed E-state index contributed by atoms with van der Waals surface area (Å²) in [7, 11) is -2.00. The zero-order chi connectivity index (χ0) is 21.6. The van der Waals surface area contributed by atoms with Gasteiger partial charge in [0.25, 0.3) is 5.91 Å². The summed E-state index contributed by atoms with van der Waals surface area (Å²) < 4.78 is 26.3. The molecule has 29 heavy (non-hydrogen) atoms. The van der Waals surface area contributed by atoms with Crippen LogP contribution in [-0.2, 0) is 10.0 Å². The SMILES string of the molecule is CCN(CCNC(=O)c1ccc(S(=O)(=O)N(C)C(C)C)cc1)c1cccc(C)c1. The lowest BCUT2D eigenvalue weighted by Gasteiger charge is -2.23. The number of carbonyl (C=O) groups excluding carboxylic acids is 1. The molecule has 0 bridgehead atoms. The van der Waals surface area contributed by atoms with Crippen molar-refractivity contribution in [1.82, 2.24) is 9.62 Å². The van der Waals surface area contributed by atoms with Crippen molar-refractivity contribution in [1.29, 1.82) is 0 Å². The molecule has 158 valence electrons. The molecule has 6 nitrogen and oxygen atoms in total. The maximum atomic E-state index is 12.5. The Balaban J connectivity index is 1.97. The van der Waals surface area contributed by atoms with Gasteiger partial charge >= 0.3 is 0 Å². The molecule has 0 spiro atoms. The van der Waals surface area contributed by atoms with E-state index in [2.05, 4.69) is 42.3 Å². The van der Waals surface area contributed by atoms with Crippen LogP contribution in [0, 0.1) is 6.92 Å². The van der Waals surface area contributed by atoms with Gasteiger partial charge in [0.2, 0.25) is 10.0 Å². The molecule has 1 amide bonds. The minimum atomic E-state index is -3.55. The van der Waals surface area contributed by atoms with Crippen LogP contribution in [0.4, 0.5) is 5.69 Å². The second-order valence-electron chi connectivity index (χ2n) is 7.31. The van der Waals surface area contributed by atoms with Gasteiger partial charge in [-0.3, -0.25) is 4.79 Å². The van der Waals surface area contributed by atoms with Crippen molar-refractivity contribution in [3.63, 3.8) is 0 Å². The van der Waals surface area contributed by atoms with E-state index < -0.39 is 10.0 Å². The maximum absolute atomic E-state index is 12.5. The van der Waals surface area contributed by atoms with Crippen LogP contribution in [0.5, 0.6) is 0 Å². The Bertz CT molecular complexity index is 925. The summed E-state index contributed by atoms with van der Waals surface area (Å²) in [5.41, 5.74) is 2.77. The lowest BCUT2D eigenvalue weighted by atomic mass is 10.2. The maximum Gasteiger partial charge on any atom is 0.251 e. The van der Waals surface area contributed by atoms with Crippen LogP contribution in [0.1, 0.15) is 36.7 Å². The Morgan fingerprint density at radius 2 is 1.76 bits per heavy atom. The Labute approximate surface area is 174 Å². The first-order chi connectivity index (χ1) is 13.7. The monoisotopic (exact) mass is 417 g/mol. The van der Waals surface area contributed by atoms with E-state index in [0.717, 1.165) is 12.2 Å². The largest absolute Gasteiger partial charge is 0.370 e. The van der Waals surface area contributed by atoms with Gasteiger partial charge in [-0.25, -0.2) is 8.42 Å². The topological polar surface area (TPSA) is 69.7 Å². The van der Waals surface area contributed by atoms with Gasteiger partial charge < -0.3 is 10.2 Å². The predicted octanol–water partition coefficient (Wildman–Crippen LogP) is 3.28. The lowest BCUT2D eigenvalue weighted by Crippen LogP contribution is -2.35. The molecule has 0 unspecified atom stereocenters. The summed E-state index contributed by atoms with van der Waals surface area (Å²) in [6.07, 6.45) is 0. The third-order valence-corrected chi connectivity index (χ3v) is 6.98. The molecule has 0 aliphatic heterocycles. The van der Waals surface area contributed by atoms with Crippen LogP contribution in [0.15, 0.2) is 53.4 Å². The van der Waals surface area contributed by atoms with Crippen molar-refractivity contribution in [3.8, 4) is 0 Å². The van der Waals surface area contributed by atoms with Crippen molar-refractivity contribution >= 4 is 21.6 Å². The molecular formula is C22H31N3O3S. The van der Waals surface area contributed by atoms with Gasteiger partial charge in [-0.1, -0.05) is 12.1 Å². The molecule has 0 radical (unpaired) electrons. The Morgan fingerprint density at radius 1 is 1.10 bits per heavy atom. The number of sulfonamides is 1. The van der Waals surface area contributed by atoms with E-state index in [0.29, 0.717) is 18.7 Å². The molecule has 0 heterocycles. The third-order valence-electron chi connectivity index (χ3n) is 4.94. The quantitative estimate of drug-likeness (QED) is 0.680. The van der Waals surface area contributed by atoms with E-state index in [1.807, 2.05) is 19.9 Å². The highest BCUT2D eigenvalue weighted by molar-refractivity contribution is 7.89. The van der Waals surface area contributed by atoms with Crippen LogP contribution in [0.25, 0.3) is 0 Å². The van der Waals surface area contributed by atoms with Crippen molar-refractivity contribution in [2.24, 2.45) is 0 Å². The molecule has 0 saturated carbocycles. The van der Waals surface area contributed by atoms with Crippen LogP contribution in [0.2, 0.25) is 0 Å². The van der Waals surface area contributed by atoms with Gasteiger partial charge in [-0.15, -0.1) is 0 Å². The molecule has 0 fully saturated rings. The highest BCUT2D eigenvalue weighted by Crippen LogP contribution is 2.17. The zero-order valence-corrected chi connectivity index (χ0v) is 18.7. The fourth-order valence-corrected chi connectivity index (χ4v) is 4.29. The number of nitrogens with one attached hydrogen (secondary N) is 1. The fraction of sp³-hybridized carbons (Fsp3) is 0.409. The predicted molar refractivity (Wildman–Crippen MR) is 118 cm³/mol. The van der Waals surface area contributed by atoms with Crippen LogP contribution >= 0.6 is 0 Å². The summed E-state index contributed by atoms with van der Waals surface area (Å²) in [6.45, 7) is 9.80. The second kappa shape index (κ2) is 9.89. The zero-order valence-electron chi connectivity index (χ0n) is 17.8. The standard InChI is InChI=1S/C22H31N3O3S/c1-6-25(20-9-7-8-18(4)16-20)15-14-23-22(26)19-10-12-21(13-11-19)29(27,28)24(5)17(2)3/h7-13,16-17H,6,14-15H2,1-5H3,(H,23,26). The normalized spacial score (nSPS) is 11.7. The fourth-order valence-electron chi connectivity index (χ4n) is 2.92. The van der Waals surface area contributed by atoms with Crippen molar-refractivity contribution in [2.75, 3.05) is 31.6 Å². The average molecular weight is 418 g/mol. The first kappa shape index (κ1) is 22.9. The van der Waals surface area contributed by atoms with Gasteiger partial charge in [0.15, 0.2) is 0 Å². The Morgan fingerprint density at radius 3 is 2.31 bits per heavy atom. The molecule has 2 aromatic rings. The third kappa shape index (κ3) is 5.81. The number of amides is 1. The summed E-state index contributed by atoms with van der Waals surface area (Å²) in [5, 5.41) is 2.91. The van der Waals surface area contributed by atoms with E-state index in [1.54, 1.807) is 19.2 Å². The molecular weight excluding hydrogens is 386 g/mol. The molecule has 0 aromatic heterocycles. The summed E-state index contributed by atoms with van der Waals surface area (Å²) in [5.74, 6) is -0.216. The highest BCUT2D eigenvalue weighted by atomic mass is 32.2. The molecule has 7 heteroatoms. The van der Waals surface area contributed by atoms with E-state index >= 15 is 0 Å². The smallest absolute Gasteiger partial charge is 0.251 e. The van der Waals surface area contributed by atoms with Crippen molar-refractivity contribution in [2.45, 2.75) is 38.6 Å². The number of hydrogen-bond donors (Lipinski definition) is 1. The molecule has 2 aromatic carbocycles. The van der Waals surface area contributed by atoms with Crippen molar-refractivity contribution < 1.29 is 13.2 Å². The van der Waals surface area contributed by atoms with Gasteiger partial charge in [0.05, 0.1) is 4.90 Å². The molecule has 1 N–H and O–H groups in total. The Hall–Kier alpha value is -2.38. The average Bonchev–Trinajstić information content (AvgIpc) is 2.70. The van der Waals surface area contributed by atoms with E-state index in [4.69, 9.17) is 0 Å². The number of rotatable bonds is 9. The van der Waals surface area contributed by atoms with Crippen LogP contribution in [-0.4, -0.2) is 51.4 Å². The highest BCUT2D eigenvalue weighted by Gasteiger charge is 2.23. The van der Waals surface area contributed by atoms with Crippen LogP contribution < -0.4 is 10.2 Å². The number of benzene rings is 2. The summed E-state index contributed by atoms with van der Waals surface area (Å²) >= 11 is 0. The number of likely N-dealkylation sites (N-methyl/N-ethyl adjacent to an activating group) is 1. The van der Waals surface area contributed by atoms with Crippen LogP contribution in [0.3, 0.4) is 0 Å². The molecule has 0 saturated heterocycles. The van der Waals surface area contributed by atoms with Crippen molar-refractivity contribution in [3.05, 3.63) is 59.7 Å². The second-order valence-corrected chi connectivity index (χ2v) is 9.31. The number of aryl methyl sites for hydroxylation is 1. The molecule has 0 aliphatic carbocycles. The summed E-state index contributed by atoms with van der Waals surface area (Å²) in [4.78, 5) is 14.8. The molecule has 0 atom stereocenters. The van der Waals surface area contributed by atoms with Gasteiger partial charge in [0.1, 0.15) is 0 Å². The van der Waals surface area contributed by atoms with E-state index in [1.165, 1.54) is 22.0 Å². The van der Waals surface area contributed by atoms with Gasteiger partial charge in [-0.2, -0.15) is 4.31 Å². The first-order valence-electron chi connectivity index (χ1n) is 9.84. The molecule has 2 rings (SSSR count). The van der Waals surface area contributed by atoms with Gasteiger partial charge in [-0.05, 0) is 69.7 Å². The Kier molecular flexibility index (Phi) is 7.81. The van der Waals surface area contributed by atoms with Gasteiger partial charge in [0, 0.05) is 44.0 Å². The number of hydrogen-bond acceptors (Lipinski definition) is 4.